The number of imidazole rings is 1. The first-order valence-corrected chi connectivity index (χ1v) is 7.50. The molecule has 2 heterocycles. The zero-order valence-electron chi connectivity index (χ0n) is 9.59. The van der Waals surface area contributed by atoms with Crippen molar-refractivity contribution in [2.45, 2.75) is 23.5 Å². The first kappa shape index (κ1) is 12.3. The van der Waals surface area contributed by atoms with Gasteiger partial charge in [0, 0.05) is 41.4 Å². The van der Waals surface area contributed by atoms with Crippen LogP contribution in [0.1, 0.15) is 18.8 Å². The fourth-order valence-electron chi connectivity index (χ4n) is 2.01. The molecule has 6 heteroatoms. The molecule has 1 aliphatic heterocycles. The molecule has 4 nitrogen and oxygen atoms in total. The van der Waals surface area contributed by atoms with Gasteiger partial charge in [0.25, 0.3) is 0 Å². The molecule has 0 aliphatic carbocycles. The highest BCUT2D eigenvalue weighted by molar-refractivity contribution is 8.07. The Morgan fingerprint density at radius 3 is 2.88 bits per heavy atom. The minimum absolute atomic E-state index is 0.132. The molecule has 0 amide bonds. The summed E-state index contributed by atoms with van der Waals surface area (Å²) < 4.78 is 2.04. The monoisotopic (exact) mass is 258 g/mol. The van der Waals surface area contributed by atoms with Crippen molar-refractivity contribution < 1.29 is 0 Å². The van der Waals surface area contributed by atoms with Gasteiger partial charge in [0.1, 0.15) is 5.82 Å². The van der Waals surface area contributed by atoms with Crippen LogP contribution in [0.4, 0.5) is 0 Å². The summed E-state index contributed by atoms with van der Waals surface area (Å²) in [6, 6.07) is 0.132. The maximum absolute atomic E-state index is 5.70. The second-order valence-corrected chi connectivity index (χ2v) is 6.72. The third-order valence-corrected chi connectivity index (χ3v) is 6.08. The van der Waals surface area contributed by atoms with E-state index in [2.05, 4.69) is 17.3 Å². The quantitative estimate of drug-likeness (QED) is 0.629. The molecule has 1 saturated heterocycles. The number of rotatable bonds is 3. The molecule has 1 aromatic rings. The third-order valence-electron chi connectivity index (χ3n) is 2.88. The van der Waals surface area contributed by atoms with Gasteiger partial charge in [-0.15, -0.1) is 0 Å². The van der Waals surface area contributed by atoms with Crippen molar-refractivity contribution in [2.24, 2.45) is 12.9 Å². The van der Waals surface area contributed by atoms with E-state index < -0.39 is 0 Å². The molecule has 3 unspecified atom stereocenters. The first-order chi connectivity index (χ1) is 7.74. The van der Waals surface area contributed by atoms with Gasteiger partial charge in [0.05, 0.1) is 6.04 Å². The number of nitrogens with one attached hydrogen (secondary N) is 1. The molecule has 0 spiro atoms. The van der Waals surface area contributed by atoms with Gasteiger partial charge in [0.15, 0.2) is 0 Å². The molecular weight excluding hydrogens is 240 g/mol. The average molecular weight is 258 g/mol. The van der Waals surface area contributed by atoms with Crippen molar-refractivity contribution in [3.8, 4) is 0 Å². The molecular formula is C10H18N4S2. The lowest BCUT2D eigenvalue weighted by Crippen LogP contribution is -2.42. The van der Waals surface area contributed by atoms with Gasteiger partial charge < -0.3 is 4.57 Å². The summed E-state index contributed by atoms with van der Waals surface area (Å²) >= 11 is 4.01. The number of hydrazine groups is 1. The van der Waals surface area contributed by atoms with Gasteiger partial charge >= 0.3 is 0 Å². The fourth-order valence-corrected chi connectivity index (χ4v) is 4.90. The minimum atomic E-state index is 0.132. The van der Waals surface area contributed by atoms with Gasteiger partial charge in [-0.05, 0) is 0 Å². The van der Waals surface area contributed by atoms with Crippen LogP contribution in [-0.2, 0) is 7.05 Å². The number of aryl methyl sites for hydroxylation is 1. The number of aromatic nitrogens is 2. The normalized spacial score (nSPS) is 27.9. The molecule has 0 aromatic carbocycles. The van der Waals surface area contributed by atoms with Crippen LogP contribution < -0.4 is 11.3 Å². The molecule has 90 valence electrons. The Morgan fingerprint density at radius 1 is 1.56 bits per heavy atom. The Hall–Kier alpha value is -0.170. The lowest BCUT2D eigenvalue weighted by molar-refractivity contribution is 0.488. The van der Waals surface area contributed by atoms with Crippen LogP contribution in [0, 0.1) is 0 Å². The standard InChI is InChI=1S/C10H18N4S2/c1-7-9(16-6-5-15-7)8(13-11)10-12-3-4-14(10)2/h3-4,7-9,13H,5-6,11H2,1-2H3. The van der Waals surface area contributed by atoms with Crippen LogP contribution >= 0.6 is 23.5 Å². The summed E-state index contributed by atoms with van der Waals surface area (Å²) in [6.07, 6.45) is 3.79. The highest BCUT2D eigenvalue weighted by Gasteiger charge is 2.32. The molecule has 1 fully saturated rings. The summed E-state index contributed by atoms with van der Waals surface area (Å²) in [5.74, 6) is 9.16. The number of hydrogen-bond acceptors (Lipinski definition) is 5. The zero-order chi connectivity index (χ0) is 11.5. The van der Waals surface area contributed by atoms with Crippen molar-refractivity contribution in [2.75, 3.05) is 11.5 Å². The van der Waals surface area contributed by atoms with E-state index in [0.29, 0.717) is 10.5 Å². The van der Waals surface area contributed by atoms with Gasteiger partial charge in [-0.2, -0.15) is 23.5 Å². The SMILES string of the molecule is CC1SCCSC1C(NN)c1nccn1C. The Labute approximate surface area is 105 Å². The largest absolute Gasteiger partial charge is 0.337 e. The van der Waals surface area contributed by atoms with Crippen LogP contribution in [0.3, 0.4) is 0 Å². The number of nitrogens with zero attached hydrogens (tertiary/aromatic N) is 2. The average Bonchev–Trinajstić information content (AvgIpc) is 2.69. The Morgan fingerprint density at radius 2 is 2.31 bits per heavy atom. The second-order valence-electron chi connectivity index (χ2n) is 3.95. The van der Waals surface area contributed by atoms with E-state index in [1.165, 1.54) is 11.5 Å². The van der Waals surface area contributed by atoms with Crippen LogP contribution in [-0.4, -0.2) is 31.6 Å². The molecule has 16 heavy (non-hydrogen) atoms. The summed E-state index contributed by atoms with van der Waals surface area (Å²) in [4.78, 5) is 4.39. The maximum Gasteiger partial charge on any atom is 0.128 e. The van der Waals surface area contributed by atoms with E-state index in [1.54, 1.807) is 0 Å². The first-order valence-electron chi connectivity index (χ1n) is 5.40. The highest BCUT2D eigenvalue weighted by atomic mass is 32.2. The van der Waals surface area contributed by atoms with Crippen LogP contribution in [0.2, 0.25) is 0 Å². The summed E-state index contributed by atoms with van der Waals surface area (Å²) in [5, 5.41) is 1.10. The predicted molar refractivity (Wildman–Crippen MR) is 71.4 cm³/mol. The summed E-state index contributed by atoms with van der Waals surface area (Å²) in [6.45, 7) is 2.27. The molecule has 1 aliphatic rings. The van der Waals surface area contributed by atoms with Crippen molar-refractivity contribution in [3.05, 3.63) is 18.2 Å². The maximum atomic E-state index is 5.70. The van der Waals surface area contributed by atoms with Gasteiger partial charge in [0.2, 0.25) is 0 Å². The topological polar surface area (TPSA) is 55.9 Å². The Kier molecular flexibility index (Phi) is 4.18. The van der Waals surface area contributed by atoms with E-state index in [0.717, 1.165) is 5.82 Å². The van der Waals surface area contributed by atoms with E-state index in [-0.39, 0.29) is 6.04 Å². The van der Waals surface area contributed by atoms with Crippen molar-refractivity contribution >= 4 is 23.5 Å². The lowest BCUT2D eigenvalue weighted by atomic mass is 10.1. The number of nitrogens with two attached hydrogens (primary N) is 1. The molecule has 0 bridgehead atoms. The molecule has 0 radical (unpaired) electrons. The molecule has 3 atom stereocenters. The smallest absolute Gasteiger partial charge is 0.128 e. The van der Waals surface area contributed by atoms with Crippen LogP contribution in [0.25, 0.3) is 0 Å². The molecule has 0 saturated carbocycles. The zero-order valence-corrected chi connectivity index (χ0v) is 11.2. The third kappa shape index (κ3) is 2.40. The van der Waals surface area contributed by atoms with Crippen molar-refractivity contribution in [1.82, 2.24) is 15.0 Å². The Balaban J connectivity index is 2.18. The Bertz CT molecular complexity index is 341. The highest BCUT2D eigenvalue weighted by Crippen LogP contribution is 2.37. The van der Waals surface area contributed by atoms with E-state index in [1.807, 2.05) is 47.5 Å². The summed E-state index contributed by atoms with van der Waals surface area (Å²) in [5.41, 5.74) is 2.93. The van der Waals surface area contributed by atoms with Crippen LogP contribution in [0.5, 0.6) is 0 Å². The van der Waals surface area contributed by atoms with E-state index >= 15 is 0 Å². The number of thioether (sulfide) groups is 2. The van der Waals surface area contributed by atoms with Crippen molar-refractivity contribution in [3.63, 3.8) is 0 Å². The van der Waals surface area contributed by atoms with Crippen LogP contribution in [0.15, 0.2) is 12.4 Å². The van der Waals surface area contributed by atoms with Crippen molar-refractivity contribution in [1.29, 1.82) is 0 Å². The predicted octanol–water partition coefficient (Wildman–Crippen LogP) is 1.16. The summed E-state index contributed by atoms with van der Waals surface area (Å²) in [7, 11) is 2.01. The van der Waals surface area contributed by atoms with Gasteiger partial charge in [-0.1, -0.05) is 6.92 Å². The minimum Gasteiger partial charge on any atom is -0.337 e. The van der Waals surface area contributed by atoms with E-state index in [4.69, 9.17) is 5.84 Å². The fraction of sp³-hybridized carbons (Fsp3) is 0.700. The molecule has 3 N–H and O–H groups in total. The molecule has 2 rings (SSSR count). The lowest BCUT2D eigenvalue weighted by Gasteiger charge is -2.33. The molecule has 1 aromatic heterocycles. The van der Waals surface area contributed by atoms with Gasteiger partial charge in [-0.3, -0.25) is 5.84 Å². The number of hydrogen-bond donors (Lipinski definition) is 2. The van der Waals surface area contributed by atoms with Gasteiger partial charge in [-0.25, -0.2) is 10.4 Å². The second kappa shape index (κ2) is 5.44. The van der Waals surface area contributed by atoms with E-state index in [9.17, 15) is 0 Å².